The van der Waals surface area contributed by atoms with Crippen molar-refractivity contribution in [3.63, 3.8) is 0 Å². The number of ketones is 1. The fourth-order valence-corrected chi connectivity index (χ4v) is 5.08. The van der Waals surface area contributed by atoms with Crippen LogP contribution >= 0.6 is 0 Å². The average Bonchev–Trinajstić information content (AvgIpc) is 2.73. The topological polar surface area (TPSA) is 60.9 Å². The Kier molecular flexibility index (Phi) is 5.41. The summed E-state index contributed by atoms with van der Waals surface area (Å²) in [5.74, 6) is 0.342. The number of Topliss-reactive ketones (excluding diaryl/α,β-unsaturated/α-hetero) is 1. The first kappa shape index (κ1) is 20.6. The Hall–Kier alpha value is -2.66. The van der Waals surface area contributed by atoms with E-state index in [-0.39, 0.29) is 17.1 Å². The van der Waals surface area contributed by atoms with Gasteiger partial charge in [0.15, 0.2) is 5.78 Å². The van der Waals surface area contributed by atoms with Crippen LogP contribution in [0.3, 0.4) is 0 Å². The van der Waals surface area contributed by atoms with Gasteiger partial charge >= 0.3 is 0 Å². The second-order valence-corrected chi connectivity index (χ2v) is 9.05. The number of benzene rings is 2. The summed E-state index contributed by atoms with van der Waals surface area (Å²) in [6, 6.07) is 15.3. The normalized spacial score (nSPS) is 20.9. The average molecular weight is 407 g/mol. The van der Waals surface area contributed by atoms with Crippen molar-refractivity contribution in [2.45, 2.75) is 45.7 Å². The number of phenols is 1. The summed E-state index contributed by atoms with van der Waals surface area (Å²) >= 11 is 0. The van der Waals surface area contributed by atoms with Crippen LogP contribution in [0, 0.1) is 5.41 Å². The van der Waals surface area contributed by atoms with E-state index in [1.54, 1.807) is 36.4 Å². The number of phenolic OH excluding ortho intramolecular Hbond substituents is 1. The quantitative estimate of drug-likeness (QED) is 0.770. The van der Waals surface area contributed by atoms with E-state index in [4.69, 9.17) is 0 Å². The minimum atomic E-state index is 0.00822. The van der Waals surface area contributed by atoms with Crippen LogP contribution in [0.2, 0.25) is 0 Å². The van der Waals surface area contributed by atoms with Crippen LogP contribution in [0.15, 0.2) is 48.5 Å². The lowest BCUT2D eigenvalue weighted by Crippen LogP contribution is -2.64. The van der Waals surface area contributed by atoms with Crippen molar-refractivity contribution in [1.29, 1.82) is 0 Å². The molecule has 0 aromatic heterocycles. The minimum absolute atomic E-state index is 0.00822. The van der Waals surface area contributed by atoms with Gasteiger partial charge in [0.25, 0.3) is 5.91 Å². The van der Waals surface area contributed by atoms with Crippen molar-refractivity contribution in [3.8, 4) is 5.75 Å². The van der Waals surface area contributed by atoms with E-state index in [1.165, 1.54) is 12.5 Å². The molecule has 1 unspecified atom stereocenters. The van der Waals surface area contributed by atoms with Crippen molar-refractivity contribution in [1.82, 2.24) is 9.80 Å². The third-order valence-corrected chi connectivity index (χ3v) is 6.87. The van der Waals surface area contributed by atoms with Crippen LogP contribution in [0.25, 0.3) is 0 Å². The third-order valence-electron chi connectivity index (χ3n) is 6.87. The summed E-state index contributed by atoms with van der Waals surface area (Å²) < 4.78 is 0. The van der Waals surface area contributed by atoms with Crippen molar-refractivity contribution < 1.29 is 14.7 Å². The van der Waals surface area contributed by atoms with Crippen LogP contribution in [0.4, 0.5) is 0 Å². The monoisotopic (exact) mass is 406 g/mol. The molecule has 2 aliphatic heterocycles. The number of hydrogen-bond acceptors (Lipinski definition) is 4. The van der Waals surface area contributed by atoms with Gasteiger partial charge < -0.3 is 10.0 Å². The number of hydrogen-bond donors (Lipinski definition) is 1. The molecule has 2 fully saturated rings. The van der Waals surface area contributed by atoms with E-state index < -0.39 is 0 Å². The molecule has 2 saturated heterocycles. The zero-order valence-electron chi connectivity index (χ0n) is 18.0. The number of aromatic hydroxyl groups is 1. The fourth-order valence-electron chi connectivity index (χ4n) is 5.08. The Morgan fingerprint density at radius 3 is 2.07 bits per heavy atom. The molecule has 0 bridgehead atoms. The molecule has 1 atom stereocenters. The minimum Gasteiger partial charge on any atom is -0.508 e. The van der Waals surface area contributed by atoms with E-state index in [2.05, 4.69) is 18.7 Å². The molecule has 2 heterocycles. The number of rotatable bonds is 4. The lowest BCUT2D eigenvalue weighted by atomic mass is 9.62. The third kappa shape index (κ3) is 3.63. The van der Waals surface area contributed by atoms with Gasteiger partial charge in [0.2, 0.25) is 0 Å². The summed E-state index contributed by atoms with van der Waals surface area (Å²) in [5, 5.41) is 9.68. The van der Waals surface area contributed by atoms with Crippen LogP contribution in [-0.2, 0) is 0 Å². The predicted octanol–water partition coefficient (Wildman–Crippen LogP) is 4.28. The highest BCUT2D eigenvalue weighted by molar-refractivity contribution is 5.97. The number of amides is 1. The fraction of sp³-hybridized carbons (Fsp3) is 0.440. The summed E-state index contributed by atoms with van der Waals surface area (Å²) in [5.41, 5.74) is 2.69. The Labute approximate surface area is 178 Å². The standard InChI is InChI=1S/C25H30N2O3/c1-17(2)27-16-25(23(27)20-8-10-22(29)11-9-20)12-14-26(15-13-25)24(30)21-6-4-19(5-7-21)18(3)28/h4-11,17,23,29H,12-16H2,1-3H3. The molecule has 2 aliphatic rings. The van der Waals surface area contributed by atoms with Crippen LogP contribution < -0.4 is 0 Å². The van der Waals surface area contributed by atoms with Gasteiger partial charge in [0.05, 0.1) is 0 Å². The van der Waals surface area contributed by atoms with Gasteiger partial charge in [-0.3, -0.25) is 14.5 Å². The Balaban J connectivity index is 1.47. The van der Waals surface area contributed by atoms with Crippen LogP contribution in [0.1, 0.15) is 65.9 Å². The zero-order chi connectivity index (χ0) is 21.5. The second kappa shape index (κ2) is 7.88. The molecule has 158 valence electrons. The number of nitrogens with zero attached hydrogens (tertiary/aromatic N) is 2. The first-order valence-electron chi connectivity index (χ1n) is 10.8. The Morgan fingerprint density at radius 1 is 0.967 bits per heavy atom. The van der Waals surface area contributed by atoms with E-state index in [0.717, 1.165) is 32.5 Å². The molecule has 4 rings (SSSR count). The number of likely N-dealkylation sites (tertiary alicyclic amines) is 2. The smallest absolute Gasteiger partial charge is 0.253 e. The molecule has 0 aliphatic carbocycles. The lowest BCUT2D eigenvalue weighted by molar-refractivity contribution is -0.124. The largest absolute Gasteiger partial charge is 0.508 e. The van der Waals surface area contributed by atoms with E-state index >= 15 is 0 Å². The van der Waals surface area contributed by atoms with Crippen molar-refractivity contribution in [2.75, 3.05) is 19.6 Å². The number of carbonyl (C=O) groups excluding carboxylic acids is 2. The lowest BCUT2D eigenvalue weighted by Gasteiger charge is -2.62. The predicted molar refractivity (Wildman–Crippen MR) is 117 cm³/mol. The molecule has 1 N–H and O–H groups in total. The Morgan fingerprint density at radius 2 is 1.53 bits per heavy atom. The zero-order valence-corrected chi connectivity index (χ0v) is 18.0. The molecule has 1 spiro atoms. The molecule has 0 saturated carbocycles. The first-order valence-corrected chi connectivity index (χ1v) is 10.8. The molecule has 0 radical (unpaired) electrons. The highest BCUT2D eigenvalue weighted by atomic mass is 16.3. The van der Waals surface area contributed by atoms with Gasteiger partial charge in [-0.2, -0.15) is 0 Å². The maximum atomic E-state index is 13.0. The number of piperidine rings is 1. The van der Waals surface area contributed by atoms with Crippen molar-refractivity contribution in [2.24, 2.45) is 5.41 Å². The second-order valence-electron chi connectivity index (χ2n) is 9.05. The van der Waals surface area contributed by atoms with Crippen molar-refractivity contribution in [3.05, 3.63) is 65.2 Å². The van der Waals surface area contributed by atoms with E-state index in [0.29, 0.717) is 29.0 Å². The maximum absolute atomic E-state index is 13.0. The Bertz CT molecular complexity index is 926. The molecule has 30 heavy (non-hydrogen) atoms. The van der Waals surface area contributed by atoms with Gasteiger partial charge in [-0.15, -0.1) is 0 Å². The van der Waals surface area contributed by atoms with Gasteiger partial charge in [0.1, 0.15) is 5.75 Å². The molecule has 5 heteroatoms. The van der Waals surface area contributed by atoms with Gasteiger partial charge in [-0.05, 0) is 63.4 Å². The van der Waals surface area contributed by atoms with Gasteiger partial charge in [-0.1, -0.05) is 24.3 Å². The molecule has 5 nitrogen and oxygen atoms in total. The first-order chi connectivity index (χ1) is 14.3. The summed E-state index contributed by atoms with van der Waals surface area (Å²) in [4.78, 5) is 28.9. The maximum Gasteiger partial charge on any atom is 0.253 e. The molecule has 2 aromatic carbocycles. The SMILES string of the molecule is CC(=O)c1ccc(C(=O)N2CCC3(CC2)CN(C(C)C)C3c2ccc(O)cc2)cc1. The summed E-state index contributed by atoms with van der Waals surface area (Å²) in [7, 11) is 0. The van der Waals surface area contributed by atoms with E-state index in [9.17, 15) is 14.7 Å². The summed E-state index contributed by atoms with van der Waals surface area (Å²) in [6.07, 6.45) is 1.94. The molecular formula is C25H30N2O3. The highest BCUT2D eigenvalue weighted by Crippen LogP contribution is 2.55. The molecule has 1 amide bonds. The van der Waals surface area contributed by atoms with Crippen LogP contribution in [-0.4, -0.2) is 52.3 Å². The summed E-state index contributed by atoms with van der Waals surface area (Å²) in [6.45, 7) is 8.52. The molecule has 2 aromatic rings. The highest BCUT2D eigenvalue weighted by Gasteiger charge is 2.54. The van der Waals surface area contributed by atoms with Crippen LogP contribution in [0.5, 0.6) is 5.75 Å². The van der Waals surface area contributed by atoms with E-state index in [1.807, 2.05) is 17.0 Å². The molecular weight excluding hydrogens is 376 g/mol. The van der Waals surface area contributed by atoms with Gasteiger partial charge in [-0.25, -0.2) is 0 Å². The van der Waals surface area contributed by atoms with Crippen molar-refractivity contribution >= 4 is 11.7 Å². The van der Waals surface area contributed by atoms with Gasteiger partial charge in [0, 0.05) is 48.3 Å². The number of carbonyl (C=O) groups is 2.